The first-order valence-electron chi connectivity index (χ1n) is 22.6. The number of aliphatic hydroxyl groups excluding tert-OH is 2. The molecule has 0 fully saturated rings. The third kappa shape index (κ3) is 43.2. The van der Waals surface area contributed by atoms with Crippen LogP contribution in [0.2, 0.25) is 0 Å². The molecule has 0 spiro atoms. The van der Waals surface area contributed by atoms with Crippen LogP contribution < -0.4 is 0 Å². The summed E-state index contributed by atoms with van der Waals surface area (Å²) in [5.41, 5.74) is 0. The Bertz CT molecular complexity index is 1170. The molecule has 3 atom stereocenters. The lowest BCUT2D eigenvalue weighted by atomic mass is 10.1. The number of hydrogen-bond acceptors (Lipinski definition) is 8. The molecular weight excluding hydrogens is 751 g/mol. The largest absolute Gasteiger partial charge is 0.472 e. The van der Waals surface area contributed by atoms with Crippen LogP contribution in [-0.2, 0) is 27.9 Å². The Morgan fingerprint density at radius 3 is 1.48 bits per heavy atom. The van der Waals surface area contributed by atoms with Crippen LogP contribution in [0.1, 0.15) is 168 Å². The van der Waals surface area contributed by atoms with Crippen molar-refractivity contribution in [1.29, 1.82) is 0 Å². The van der Waals surface area contributed by atoms with E-state index < -0.39 is 45.8 Å². The number of unbranched alkanes of at least 4 members (excludes halogenated alkanes) is 14. The van der Waals surface area contributed by atoms with Gasteiger partial charge in [0.15, 0.2) is 0 Å². The maximum absolute atomic E-state index is 12.6. The Morgan fingerprint density at radius 2 is 0.983 bits per heavy atom. The summed E-state index contributed by atoms with van der Waals surface area (Å²) in [4.78, 5) is 22.6. The van der Waals surface area contributed by atoms with E-state index in [-0.39, 0.29) is 13.0 Å². The van der Waals surface area contributed by atoms with Gasteiger partial charge in [0.05, 0.1) is 26.4 Å². The fourth-order valence-corrected chi connectivity index (χ4v) is 6.46. The minimum absolute atomic E-state index is 0.0122. The Labute approximate surface area is 354 Å². The number of hydrogen-bond donors (Lipinski definition) is 3. The molecule has 0 aromatic rings. The van der Waals surface area contributed by atoms with E-state index in [9.17, 15) is 19.4 Å². The van der Waals surface area contributed by atoms with Crippen molar-refractivity contribution >= 4 is 13.8 Å². The van der Waals surface area contributed by atoms with Crippen LogP contribution in [0.5, 0.6) is 0 Å². The first-order valence-corrected chi connectivity index (χ1v) is 24.1. The minimum Gasteiger partial charge on any atom is -0.457 e. The number of phosphoric ester groups is 1. The summed E-state index contributed by atoms with van der Waals surface area (Å²) in [7, 11) is -4.54. The molecule has 10 heteroatoms. The van der Waals surface area contributed by atoms with Crippen molar-refractivity contribution in [2.45, 2.75) is 180 Å². The molecule has 0 rings (SSSR count). The smallest absolute Gasteiger partial charge is 0.457 e. The number of allylic oxidation sites excluding steroid dienone is 14. The van der Waals surface area contributed by atoms with Crippen LogP contribution in [0.25, 0.3) is 0 Å². The molecule has 0 aromatic heterocycles. The van der Waals surface area contributed by atoms with Gasteiger partial charge in [-0.1, -0.05) is 170 Å². The standard InChI is InChI=1S/C48H83O9P/c1-3-5-7-9-11-13-15-17-19-21-23-24-26-28-30-32-34-36-38-40-48(51)57-47(45-56-58(52,53)55-43-46(50)42-49)44-54-41-39-37-35-33-31-29-27-25-22-20-18-16-14-12-10-8-6-4-2/h5,7,11,13,17-20,23-24,28,30,34,36,46-47,49-50H,3-4,6,8-10,12,14-16,21-22,25-27,29,31-33,35,37-45H2,1-2H3,(H,52,53)/b7-5-,13-11-,19-17-,20-18-,24-23-,30-28-,36-34-. The summed E-state index contributed by atoms with van der Waals surface area (Å²) in [5.74, 6) is -0.467. The molecule has 0 amide bonds. The highest BCUT2D eigenvalue weighted by molar-refractivity contribution is 7.47. The molecule has 0 saturated heterocycles. The number of carbonyl (C=O) groups is 1. The summed E-state index contributed by atoms with van der Waals surface area (Å²) in [6, 6.07) is 0. The topological polar surface area (TPSA) is 132 Å². The van der Waals surface area contributed by atoms with Gasteiger partial charge in [-0.15, -0.1) is 0 Å². The molecule has 3 N–H and O–H groups in total. The van der Waals surface area contributed by atoms with E-state index >= 15 is 0 Å². The second-order valence-corrected chi connectivity index (χ2v) is 16.1. The molecule has 58 heavy (non-hydrogen) atoms. The average Bonchev–Trinajstić information content (AvgIpc) is 3.21. The average molecular weight is 835 g/mol. The van der Waals surface area contributed by atoms with Crippen LogP contribution in [0, 0.1) is 0 Å². The summed E-state index contributed by atoms with van der Waals surface area (Å²) >= 11 is 0. The Morgan fingerprint density at radius 1 is 0.552 bits per heavy atom. The Hall–Kier alpha value is -2.36. The van der Waals surface area contributed by atoms with Gasteiger partial charge in [-0.3, -0.25) is 13.8 Å². The zero-order valence-corrected chi connectivity index (χ0v) is 37.4. The van der Waals surface area contributed by atoms with Gasteiger partial charge in [-0.2, -0.15) is 0 Å². The van der Waals surface area contributed by atoms with E-state index in [1.807, 2.05) is 12.2 Å². The summed E-state index contributed by atoms with van der Waals surface area (Å²) in [6.07, 6.45) is 54.1. The van der Waals surface area contributed by atoms with Crippen LogP contribution >= 0.6 is 7.82 Å². The van der Waals surface area contributed by atoms with Crippen molar-refractivity contribution in [2.75, 3.05) is 33.0 Å². The quantitative estimate of drug-likeness (QED) is 0.0238. The van der Waals surface area contributed by atoms with E-state index in [1.165, 1.54) is 83.5 Å². The lowest BCUT2D eigenvalue weighted by Crippen LogP contribution is -2.29. The van der Waals surface area contributed by atoms with Gasteiger partial charge in [0.1, 0.15) is 12.2 Å². The zero-order valence-electron chi connectivity index (χ0n) is 36.5. The molecule has 334 valence electrons. The third-order valence-electron chi connectivity index (χ3n) is 9.08. The Balaban J connectivity index is 4.30. The van der Waals surface area contributed by atoms with Gasteiger partial charge in [0.2, 0.25) is 0 Å². The summed E-state index contributed by atoms with van der Waals surface area (Å²) < 4.78 is 33.3. The van der Waals surface area contributed by atoms with Crippen LogP contribution in [0.3, 0.4) is 0 Å². The number of carbonyl (C=O) groups excluding carboxylic acids is 1. The summed E-state index contributed by atoms with van der Waals surface area (Å²) in [5, 5.41) is 18.4. The Kier molecular flexibility index (Phi) is 42.4. The number of esters is 1. The maximum Gasteiger partial charge on any atom is 0.472 e. The molecule has 9 nitrogen and oxygen atoms in total. The molecule has 0 aliphatic carbocycles. The van der Waals surface area contributed by atoms with E-state index in [4.69, 9.17) is 23.6 Å². The van der Waals surface area contributed by atoms with Crippen molar-refractivity contribution in [3.8, 4) is 0 Å². The predicted molar refractivity (Wildman–Crippen MR) is 242 cm³/mol. The number of phosphoric acid groups is 1. The van der Waals surface area contributed by atoms with Crippen molar-refractivity contribution < 1.29 is 43.0 Å². The van der Waals surface area contributed by atoms with E-state index in [0.29, 0.717) is 13.0 Å². The fraction of sp³-hybridized carbons (Fsp3) is 0.688. The fourth-order valence-electron chi connectivity index (χ4n) is 5.67. The first-order chi connectivity index (χ1) is 28.3. The second-order valence-electron chi connectivity index (χ2n) is 14.7. The molecule has 0 aliphatic heterocycles. The molecule has 0 aromatic carbocycles. The summed E-state index contributed by atoms with van der Waals surface area (Å²) in [6.45, 7) is 3.28. The van der Waals surface area contributed by atoms with Crippen molar-refractivity contribution in [3.05, 3.63) is 85.1 Å². The molecule has 0 heterocycles. The van der Waals surface area contributed by atoms with Crippen molar-refractivity contribution in [3.63, 3.8) is 0 Å². The molecule has 3 unspecified atom stereocenters. The number of rotatable bonds is 42. The zero-order chi connectivity index (χ0) is 42.5. The van der Waals surface area contributed by atoms with Gasteiger partial charge in [-0.25, -0.2) is 4.57 Å². The van der Waals surface area contributed by atoms with Crippen LogP contribution in [-0.4, -0.2) is 66.3 Å². The normalized spacial score (nSPS) is 14.8. The second kappa shape index (κ2) is 44.2. The SMILES string of the molecule is CC/C=C\C/C=C\C/C=C\C/C=C\C/C=C\C/C=C\CCC(=O)OC(COCCCCCCCCCC/C=C\CCCCCCCC)COP(=O)(O)OCC(O)CO. The lowest BCUT2D eigenvalue weighted by molar-refractivity contribution is -0.154. The highest BCUT2D eigenvalue weighted by Crippen LogP contribution is 2.43. The monoisotopic (exact) mass is 835 g/mol. The van der Waals surface area contributed by atoms with Crippen molar-refractivity contribution in [1.82, 2.24) is 0 Å². The van der Waals surface area contributed by atoms with Crippen LogP contribution in [0.4, 0.5) is 0 Å². The number of aliphatic hydroxyl groups is 2. The molecule has 0 bridgehead atoms. The van der Waals surface area contributed by atoms with E-state index in [0.717, 1.165) is 57.8 Å². The lowest BCUT2D eigenvalue weighted by Gasteiger charge is -2.20. The van der Waals surface area contributed by atoms with Gasteiger partial charge < -0.3 is 24.6 Å². The van der Waals surface area contributed by atoms with Gasteiger partial charge in [-0.05, 0) is 77.0 Å². The highest BCUT2D eigenvalue weighted by atomic mass is 31.2. The maximum atomic E-state index is 12.6. The molecule has 0 radical (unpaired) electrons. The van der Waals surface area contributed by atoms with E-state index in [2.05, 4.69) is 86.8 Å². The molecule has 0 saturated carbocycles. The minimum atomic E-state index is -4.54. The first kappa shape index (κ1) is 55.6. The molecular formula is C48H83O9P. The van der Waals surface area contributed by atoms with Crippen molar-refractivity contribution in [2.24, 2.45) is 0 Å². The van der Waals surface area contributed by atoms with Gasteiger partial charge in [0.25, 0.3) is 0 Å². The number of ether oxygens (including phenoxy) is 2. The highest BCUT2D eigenvalue weighted by Gasteiger charge is 2.26. The molecule has 0 aliphatic rings. The van der Waals surface area contributed by atoms with Gasteiger partial charge in [0, 0.05) is 13.0 Å². The van der Waals surface area contributed by atoms with Gasteiger partial charge >= 0.3 is 13.8 Å². The van der Waals surface area contributed by atoms with E-state index in [1.54, 1.807) is 0 Å². The van der Waals surface area contributed by atoms with Crippen LogP contribution in [0.15, 0.2) is 85.1 Å². The third-order valence-corrected chi connectivity index (χ3v) is 10.0. The predicted octanol–water partition coefficient (Wildman–Crippen LogP) is 12.7.